The Morgan fingerprint density at radius 3 is 2.60 bits per heavy atom. The molecule has 2 heterocycles. The van der Waals surface area contributed by atoms with Crippen molar-refractivity contribution < 1.29 is 14.3 Å². The minimum Gasteiger partial charge on any atom is -0.468 e. The van der Waals surface area contributed by atoms with Gasteiger partial charge in [0.1, 0.15) is 5.92 Å². The van der Waals surface area contributed by atoms with Gasteiger partial charge in [-0.05, 0) is 30.5 Å². The average Bonchev–Trinajstić information content (AvgIpc) is 3.10. The molecule has 0 amide bonds. The molecule has 6 nitrogen and oxygen atoms in total. The monoisotopic (exact) mass is 401 g/mol. The van der Waals surface area contributed by atoms with Crippen LogP contribution in [-0.2, 0) is 14.3 Å². The fourth-order valence-corrected chi connectivity index (χ4v) is 4.70. The zero-order valence-corrected chi connectivity index (χ0v) is 16.9. The first-order valence-electron chi connectivity index (χ1n) is 10.1. The summed E-state index contributed by atoms with van der Waals surface area (Å²) in [5.74, 6) is -1.60. The third-order valence-electron chi connectivity index (χ3n) is 6.16. The standard InChI is InChI=1S/C24H23N3O3/c1-13-11-19-21(23(28)20(13)24(29)30-2)22(27-18-10-6-5-9-17(18)26-19)15-12-25-16-8-4-3-7-14(15)16/h3-10,12-13,20,22,25-27H,11H2,1-2H3. The normalized spacial score (nSPS) is 23.1. The van der Waals surface area contributed by atoms with E-state index in [1.807, 2.05) is 61.7 Å². The zero-order valence-electron chi connectivity index (χ0n) is 16.9. The van der Waals surface area contributed by atoms with Gasteiger partial charge in [0.05, 0.1) is 24.5 Å². The van der Waals surface area contributed by atoms with E-state index < -0.39 is 11.9 Å². The summed E-state index contributed by atoms with van der Waals surface area (Å²) < 4.78 is 4.97. The predicted molar refractivity (Wildman–Crippen MR) is 116 cm³/mol. The van der Waals surface area contributed by atoms with Crippen LogP contribution in [-0.4, -0.2) is 23.8 Å². The summed E-state index contributed by atoms with van der Waals surface area (Å²) in [6.45, 7) is 1.93. The Balaban J connectivity index is 1.71. The van der Waals surface area contributed by atoms with Crippen LogP contribution in [0.3, 0.4) is 0 Å². The van der Waals surface area contributed by atoms with Gasteiger partial charge in [-0.15, -0.1) is 0 Å². The third kappa shape index (κ3) is 2.79. The molecule has 152 valence electrons. The van der Waals surface area contributed by atoms with Crippen LogP contribution in [0.1, 0.15) is 24.9 Å². The summed E-state index contributed by atoms with van der Waals surface area (Å²) in [6.07, 6.45) is 2.54. The summed E-state index contributed by atoms with van der Waals surface area (Å²) in [5.41, 5.74) is 5.28. The van der Waals surface area contributed by atoms with Crippen molar-refractivity contribution in [1.29, 1.82) is 0 Å². The van der Waals surface area contributed by atoms with E-state index in [-0.39, 0.29) is 17.7 Å². The molecule has 0 spiro atoms. The van der Waals surface area contributed by atoms with Crippen LogP contribution in [0.4, 0.5) is 11.4 Å². The second-order valence-electron chi connectivity index (χ2n) is 7.98. The molecule has 3 aromatic rings. The van der Waals surface area contributed by atoms with Gasteiger partial charge in [0, 0.05) is 33.9 Å². The summed E-state index contributed by atoms with van der Waals surface area (Å²) in [4.78, 5) is 29.4. The number of nitrogens with one attached hydrogen (secondary N) is 3. The summed E-state index contributed by atoms with van der Waals surface area (Å²) in [6, 6.07) is 15.5. The van der Waals surface area contributed by atoms with Crippen molar-refractivity contribution in [3.05, 3.63) is 71.6 Å². The Bertz CT molecular complexity index is 1190. The zero-order chi connectivity index (χ0) is 20.8. The first-order valence-corrected chi connectivity index (χ1v) is 10.1. The van der Waals surface area contributed by atoms with Crippen molar-refractivity contribution in [2.45, 2.75) is 19.4 Å². The molecule has 2 aromatic carbocycles. The highest BCUT2D eigenvalue weighted by Gasteiger charge is 2.44. The molecule has 0 saturated carbocycles. The number of H-pyrrole nitrogens is 1. The molecule has 1 aromatic heterocycles. The van der Waals surface area contributed by atoms with Crippen molar-refractivity contribution in [2.24, 2.45) is 11.8 Å². The first-order chi connectivity index (χ1) is 14.6. The van der Waals surface area contributed by atoms with E-state index in [9.17, 15) is 9.59 Å². The van der Waals surface area contributed by atoms with Gasteiger partial charge < -0.3 is 20.4 Å². The van der Waals surface area contributed by atoms with Crippen LogP contribution < -0.4 is 10.6 Å². The number of ketones is 1. The molecular formula is C24H23N3O3. The lowest BCUT2D eigenvalue weighted by Crippen LogP contribution is -2.39. The second kappa shape index (κ2) is 7.06. The van der Waals surface area contributed by atoms with E-state index in [0.29, 0.717) is 12.0 Å². The van der Waals surface area contributed by atoms with E-state index in [1.165, 1.54) is 7.11 Å². The molecule has 0 radical (unpaired) electrons. The maximum Gasteiger partial charge on any atom is 0.316 e. The highest BCUT2D eigenvalue weighted by molar-refractivity contribution is 6.11. The van der Waals surface area contributed by atoms with Gasteiger partial charge in [-0.25, -0.2) is 0 Å². The number of Topliss-reactive ketones (excluding diaryl/α,β-unsaturated/α-hetero) is 1. The molecule has 6 heteroatoms. The fraction of sp³-hybridized carbons (Fsp3) is 0.250. The molecule has 3 N–H and O–H groups in total. The maximum absolute atomic E-state index is 13.7. The number of anilines is 2. The van der Waals surface area contributed by atoms with Crippen LogP contribution >= 0.6 is 0 Å². The highest BCUT2D eigenvalue weighted by atomic mass is 16.5. The molecule has 0 bridgehead atoms. The van der Waals surface area contributed by atoms with E-state index in [2.05, 4.69) is 15.6 Å². The predicted octanol–water partition coefficient (Wildman–Crippen LogP) is 4.40. The first kappa shape index (κ1) is 18.5. The van der Waals surface area contributed by atoms with Crippen LogP contribution in [0.25, 0.3) is 10.9 Å². The molecule has 5 rings (SSSR count). The lowest BCUT2D eigenvalue weighted by molar-refractivity contribution is -0.151. The number of ether oxygens (including phenoxy) is 1. The Kier molecular flexibility index (Phi) is 4.35. The number of para-hydroxylation sites is 3. The minimum absolute atomic E-state index is 0.148. The number of fused-ring (bicyclic) bond motifs is 2. The molecule has 30 heavy (non-hydrogen) atoms. The van der Waals surface area contributed by atoms with Crippen molar-refractivity contribution in [2.75, 3.05) is 17.7 Å². The average molecular weight is 401 g/mol. The Morgan fingerprint density at radius 1 is 1.07 bits per heavy atom. The number of rotatable bonds is 2. The largest absolute Gasteiger partial charge is 0.468 e. The molecule has 2 aliphatic rings. The number of esters is 1. The van der Waals surface area contributed by atoms with Crippen LogP contribution in [0.15, 0.2) is 66.0 Å². The van der Waals surface area contributed by atoms with Gasteiger partial charge in [-0.2, -0.15) is 0 Å². The van der Waals surface area contributed by atoms with Gasteiger partial charge in [0.15, 0.2) is 5.78 Å². The van der Waals surface area contributed by atoms with Gasteiger partial charge in [0.25, 0.3) is 0 Å². The van der Waals surface area contributed by atoms with Crippen molar-refractivity contribution in [3.63, 3.8) is 0 Å². The maximum atomic E-state index is 13.7. The van der Waals surface area contributed by atoms with Crippen LogP contribution in [0, 0.1) is 11.8 Å². The number of hydrogen-bond donors (Lipinski definition) is 3. The van der Waals surface area contributed by atoms with Crippen molar-refractivity contribution >= 4 is 34.0 Å². The topological polar surface area (TPSA) is 83.2 Å². The number of hydrogen-bond acceptors (Lipinski definition) is 5. The number of carbonyl (C=O) groups is 2. The molecule has 0 fully saturated rings. The molecule has 0 saturated heterocycles. The summed E-state index contributed by atoms with van der Waals surface area (Å²) in [5, 5.41) is 8.08. The van der Waals surface area contributed by atoms with E-state index in [4.69, 9.17) is 4.74 Å². The Labute approximate surface area is 174 Å². The number of carbonyl (C=O) groups excluding carboxylic acids is 2. The number of aromatic amines is 1. The number of allylic oxidation sites excluding steroid dienone is 1. The van der Waals surface area contributed by atoms with Gasteiger partial charge in [0.2, 0.25) is 0 Å². The molecule has 3 atom stereocenters. The molecule has 1 aliphatic carbocycles. The fourth-order valence-electron chi connectivity index (χ4n) is 4.70. The lowest BCUT2D eigenvalue weighted by Gasteiger charge is -2.32. The summed E-state index contributed by atoms with van der Waals surface area (Å²) in [7, 11) is 1.34. The highest BCUT2D eigenvalue weighted by Crippen LogP contribution is 2.44. The quantitative estimate of drug-likeness (QED) is 0.438. The number of methoxy groups -OCH3 is 1. The van der Waals surface area contributed by atoms with Gasteiger partial charge in [-0.3, -0.25) is 9.59 Å². The van der Waals surface area contributed by atoms with E-state index in [0.717, 1.165) is 33.5 Å². The third-order valence-corrected chi connectivity index (χ3v) is 6.16. The Morgan fingerprint density at radius 2 is 1.80 bits per heavy atom. The molecular weight excluding hydrogens is 378 g/mol. The van der Waals surface area contributed by atoms with Crippen molar-refractivity contribution in [3.8, 4) is 0 Å². The van der Waals surface area contributed by atoms with Crippen molar-refractivity contribution in [1.82, 2.24) is 4.98 Å². The van der Waals surface area contributed by atoms with E-state index in [1.54, 1.807) is 0 Å². The van der Waals surface area contributed by atoms with Gasteiger partial charge >= 0.3 is 5.97 Å². The molecule has 3 unspecified atom stereocenters. The van der Waals surface area contributed by atoms with Crippen LogP contribution in [0.5, 0.6) is 0 Å². The Hall–Kier alpha value is -3.54. The second-order valence-corrected chi connectivity index (χ2v) is 7.98. The SMILES string of the molecule is COC(=O)C1C(=O)C2=C(CC1C)Nc1ccccc1NC2c1c[nH]c2ccccc12. The summed E-state index contributed by atoms with van der Waals surface area (Å²) >= 11 is 0. The molecule has 1 aliphatic heterocycles. The lowest BCUT2D eigenvalue weighted by atomic mass is 9.75. The number of aromatic nitrogens is 1. The van der Waals surface area contributed by atoms with E-state index >= 15 is 0 Å². The smallest absolute Gasteiger partial charge is 0.316 e. The number of benzene rings is 2. The minimum atomic E-state index is -0.800. The van der Waals surface area contributed by atoms with Gasteiger partial charge in [-0.1, -0.05) is 37.3 Å². The van der Waals surface area contributed by atoms with Crippen LogP contribution in [0.2, 0.25) is 0 Å².